The summed E-state index contributed by atoms with van der Waals surface area (Å²) in [7, 11) is -2.73. The lowest BCUT2D eigenvalue weighted by Gasteiger charge is -2.26. The van der Waals surface area contributed by atoms with Crippen molar-refractivity contribution in [3.8, 4) is 5.75 Å². The number of ether oxygens (including phenoxy) is 1. The normalized spacial score (nSPS) is 24.8. The highest BCUT2D eigenvalue weighted by atomic mass is 31.2. The van der Waals surface area contributed by atoms with Crippen LogP contribution in [0.1, 0.15) is 33.4 Å². The summed E-state index contributed by atoms with van der Waals surface area (Å²) in [6.07, 6.45) is -3.92. The van der Waals surface area contributed by atoms with Gasteiger partial charge in [0.2, 0.25) is 11.6 Å². The lowest BCUT2D eigenvalue weighted by Crippen LogP contribution is -2.45. The second-order valence-corrected chi connectivity index (χ2v) is 11.8. The van der Waals surface area contributed by atoms with Gasteiger partial charge in [-0.05, 0) is 25.0 Å². The minimum atomic E-state index is -4.30. The number of alkyl halides is 2. The van der Waals surface area contributed by atoms with E-state index in [1.165, 1.54) is 19.1 Å². The highest BCUT2D eigenvalue weighted by Crippen LogP contribution is 2.48. The molecule has 3 heterocycles. The fourth-order valence-electron chi connectivity index (χ4n) is 4.43. The molecule has 1 aromatic carbocycles. The first-order chi connectivity index (χ1) is 19.4. The van der Waals surface area contributed by atoms with Crippen LogP contribution in [0.3, 0.4) is 0 Å². The van der Waals surface area contributed by atoms with Crippen LogP contribution in [-0.4, -0.2) is 74.7 Å². The number of aliphatic hydroxyl groups is 1. The van der Waals surface area contributed by atoms with E-state index in [4.69, 9.17) is 19.5 Å². The van der Waals surface area contributed by atoms with Gasteiger partial charge in [-0.15, -0.1) is 0 Å². The zero-order chi connectivity index (χ0) is 29.9. The number of rotatable bonds is 13. The predicted molar refractivity (Wildman–Crippen MR) is 147 cm³/mol. The molecule has 4 rings (SSSR count). The number of halogens is 2. The summed E-state index contributed by atoms with van der Waals surface area (Å²) in [5.74, 6) is 0.0952. The second-order valence-electron chi connectivity index (χ2n) is 10.1. The molecule has 0 spiro atoms. The Kier molecular flexibility index (Phi) is 9.24. The van der Waals surface area contributed by atoms with E-state index < -0.39 is 51.2 Å². The summed E-state index contributed by atoms with van der Waals surface area (Å²) >= 11 is 0. The maximum Gasteiger partial charge on any atom is 0.459 e. The SMILES string of the molecule is CNc1nc(N)nc2c1ncn2C1OC(CO[P@@](=O)(N[C@@H](C)C(=O)CC(C)C)Oc2ccccc2)C(O)[C@]1(F)CF. The highest BCUT2D eigenvalue weighted by molar-refractivity contribution is 7.52. The third kappa shape index (κ3) is 6.49. The minimum absolute atomic E-state index is 0.0355. The van der Waals surface area contributed by atoms with E-state index >= 15 is 4.39 Å². The van der Waals surface area contributed by atoms with Gasteiger partial charge >= 0.3 is 7.75 Å². The molecule has 0 aliphatic carbocycles. The van der Waals surface area contributed by atoms with Gasteiger partial charge in [0.1, 0.15) is 30.4 Å². The molecule has 5 N–H and O–H groups in total. The summed E-state index contributed by atoms with van der Waals surface area (Å²) in [6, 6.07) is 7.14. The second kappa shape index (κ2) is 12.3. The number of Topliss-reactive ketones (excluding diaryl/α,β-unsaturated/α-hetero) is 1. The van der Waals surface area contributed by atoms with Crippen LogP contribution in [-0.2, 0) is 18.6 Å². The van der Waals surface area contributed by atoms with Gasteiger partial charge < -0.3 is 25.4 Å². The number of carbonyl (C=O) groups is 1. The van der Waals surface area contributed by atoms with E-state index in [9.17, 15) is 18.9 Å². The summed E-state index contributed by atoms with van der Waals surface area (Å²) in [4.78, 5) is 24.8. The third-order valence-corrected chi connectivity index (χ3v) is 8.16. The molecule has 13 nitrogen and oxygen atoms in total. The maximum atomic E-state index is 16.0. The minimum Gasteiger partial charge on any atom is -0.413 e. The van der Waals surface area contributed by atoms with Gasteiger partial charge in [0.15, 0.2) is 23.2 Å². The van der Waals surface area contributed by atoms with E-state index in [2.05, 4.69) is 25.4 Å². The van der Waals surface area contributed by atoms with Crippen molar-refractivity contribution in [2.75, 3.05) is 31.4 Å². The van der Waals surface area contributed by atoms with Gasteiger partial charge in [-0.2, -0.15) is 9.97 Å². The molecule has 1 saturated heterocycles. The van der Waals surface area contributed by atoms with Crippen LogP contribution < -0.4 is 20.7 Å². The van der Waals surface area contributed by atoms with Crippen molar-refractivity contribution in [2.45, 2.75) is 57.3 Å². The van der Waals surface area contributed by atoms with Crippen molar-refractivity contribution in [2.24, 2.45) is 5.92 Å². The number of ketones is 1. The number of imidazole rings is 1. The van der Waals surface area contributed by atoms with E-state index in [1.807, 2.05) is 13.8 Å². The summed E-state index contributed by atoms with van der Waals surface area (Å²) in [5, 5.41) is 16.2. The zero-order valence-corrected chi connectivity index (χ0v) is 23.9. The number of nitrogens with zero attached hydrogens (tertiary/aromatic N) is 4. The average Bonchev–Trinajstić information content (AvgIpc) is 3.45. The zero-order valence-electron chi connectivity index (χ0n) is 23.0. The van der Waals surface area contributed by atoms with Crippen LogP contribution in [0.4, 0.5) is 20.5 Å². The van der Waals surface area contributed by atoms with Crippen LogP contribution >= 0.6 is 7.75 Å². The molecule has 3 unspecified atom stereocenters. The number of nitrogens with two attached hydrogens (primary N) is 1. The highest BCUT2D eigenvalue weighted by Gasteiger charge is 2.59. The van der Waals surface area contributed by atoms with Crippen molar-refractivity contribution >= 4 is 36.5 Å². The first-order valence-electron chi connectivity index (χ1n) is 13.0. The molecule has 1 fully saturated rings. The molecule has 16 heteroatoms. The number of benzene rings is 1. The Bertz CT molecular complexity index is 1410. The molecule has 3 aromatic rings. The average molecular weight is 598 g/mol. The number of hydrogen-bond donors (Lipinski definition) is 4. The van der Waals surface area contributed by atoms with E-state index in [0.29, 0.717) is 0 Å². The first-order valence-corrected chi connectivity index (χ1v) is 14.5. The quantitative estimate of drug-likeness (QED) is 0.212. The molecule has 41 heavy (non-hydrogen) atoms. The van der Waals surface area contributed by atoms with Gasteiger partial charge in [-0.25, -0.2) is 23.4 Å². The Morgan fingerprint density at radius 2 is 2.00 bits per heavy atom. The molecular weight excluding hydrogens is 563 g/mol. The van der Waals surface area contributed by atoms with Gasteiger partial charge in [-0.1, -0.05) is 32.0 Å². The van der Waals surface area contributed by atoms with Crippen molar-refractivity contribution in [3.63, 3.8) is 0 Å². The molecule has 0 saturated carbocycles. The Hall–Kier alpha value is -3.23. The molecule has 2 aromatic heterocycles. The topological polar surface area (TPSA) is 176 Å². The number of aliphatic hydroxyl groups excluding tert-OH is 1. The summed E-state index contributed by atoms with van der Waals surface area (Å²) in [5.41, 5.74) is 3.06. The summed E-state index contributed by atoms with van der Waals surface area (Å²) in [6.45, 7) is 2.93. The van der Waals surface area contributed by atoms with Crippen LogP contribution in [0.15, 0.2) is 36.7 Å². The Morgan fingerprint density at radius 3 is 2.63 bits per heavy atom. The fourth-order valence-corrected chi connectivity index (χ4v) is 5.97. The molecule has 6 atom stereocenters. The predicted octanol–water partition coefficient (Wildman–Crippen LogP) is 3.18. The molecule has 0 amide bonds. The van der Waals surface area contributed by atoms with Gasteiger partial charge in [-0.3, -0.25) is 13.9 Å². The summed E-state index contributed by atoms with van der Waals surface area (Å²) < 4.78 is 62.1. The molecule has 1 aliphatic rings. The van der Waals surface area contributed by atoms with E-state index in [0.717, 1.165) is 10.9 Å². The fraction of sp³-hybridized carbons (Fsp3) is 0.520. The Morgan fingerprint density at radius 1 is 1.29 bits per heavy atom. The number of nitrogens with one attached hydrogen (secondary N) is 2. The van der Waals surface area contributed by atoms with Crippen LogP contribution in [0.25, 0.3) is 11.2 Å². The van der Waals surface area contributed by atoms with Crippen molar-refractivity contribution in [1.29, 1.82) is 0 Å². The van der Waals surface area contributed by atoms with Crippen molar-refractivity contribution < 1.29 is 37.0 Å². The molecule has 0 bridgehead atoms. The molecular formula is C25H34F2N7O6P. The largest absolute Gasteiger partial charge is 0.459 e. The third-order valence-electron chi connectivity index (χ3n) is 6.51. The van der Waals surface area contributed by atoms with Crippen LogP contribution in [0.5, 0.6) is 5.75 Å². The lowest BCUT2D eigenvalue weighted by molar-refractivity contribution is -0.121. The van der Waals surface area contributed by atoms with Crippen molar-refractivity contribution in [3.05, 3.63) is 36.7 Å². The number of carbonyl (C=O) groups excluding carboxylic acids is 1. The van der Waals surface area contributed by atoms with Crippen LogP contribution in [0, 0.1) is 5.92 Å². The number of nitrogen functional groups attached to an aromatic ring is 1. The van der Waals surface area contributed by atoms with Crippen molar-refractivity contribution in [1.82, 2.24) is 24.6 Å². The number of aromatic nitrogens is 4. The number of hydrogen-bond acceptors (Lipinski definition) is 11. The monoisotopic (exact) mass is 597 g/mol. The molecule has 224 valence electrons. The Labute approximate surface area is 235 Å². The molecule has 1 aliphatic heterocycles. The Balaban J connectivity index is 1.59. The number of anilines is 2. The maximum absolute atomic E-state index is 16.0. The number of para-hydroxylation sites is 1. The van der Waals surface area contributed by atoms with E-state index in [1.54, 1.807) is 25.2 Å². The number of fused-ring (bicyclic) bond motifs is 1. The standard InChI is InChI=1S/C25H34F2N7O6P/c1-14(2)10-17(35)15(3)33-41(37,40-16-8-6-5-7-9-16)38-11-18-20(36)25(27,12-26)23(39-18)34-13-30-19-21(29-4)31-24(28)32-22(19)34/h5-9,13-15,18,20,23,36H,10-12H2,1-4H3,(H,33,37)(H3,28,29,31,32)/t15-,18?,20?,23?,25+,41-/m0/s1. The first kappa shape index (κ1) is 30.7. The molecule has 0 radical (unpaired) electrons. The van der Waals surface area contributed by atoms with Gasteiger partial charge in [0.25, 0.3) is 0 Å². The lowest BCUT2D eigenvalue weighted by atomic mass is 9.97. The smallest absolute Gasteiger partial charge is 0.413 e. The van der Waals surface area contributed by atoms with Crippen LogP contribution in [0.2, 0.25) is 0 Å². The van der Waals surface area contributed by atoms with Gasteiger partial charge in [0.05, 0.1) is 19.0 Å². The van der Waals surface area contributed by atoms with Gasteiger partial charge in [0, 0.05) is 13.5 Å². The van der Waals surface area contributed by atoms with E-state index in [-0.39, 0.29) is 46.8 Å².